The maximum Gasteiger partial charge on any atom is 0.244 e. The topological polar surface area (TPSA) is 57.6 Å². The third-order valence-electron chi connectivity index (χ3n) is 4.14. The number of benzene rings is 2. The van der Waals surface area contributed by atoms with E-state index in [-0.39, 0.29) is 19.2 Å². The van der Waals surface area contributed by atoms with Crippen LogP contribution in [0.15, 0.2) is 47.4 Å². The molecule has 1 fully saturated rings. The first-order valence-corrected chi connectivity index (χ1v) is 8.69. The van der Waals surface area contributed by atoms with Crippen LogP contribution >= 0.6 is 0 Å². The lowest BCUT2D eigenvalue weighted by Crippen LogP contribution is -2.45. The number of rotatable bonds is 5. The molecular weight excluding hydrogens is 286 g/mol. The van der Waals surface area contributed by atoms with Gasteiger partial charge in [0.15, 0.2) is 0 Å². The molecule has 3 rings (SSSR count). The van der Waals surface area contributed by atoms with Crippen molar-refractivity contribution in [1.82, 2.24) is 4.31 Å². The summed E-state index contributed by atoms with van der Waals surface area (Å²) < 4.78 is 27.4. The second kappa shape index (κ2) is 5.75. The third kappa shape index (κ3) is 2.57. The number of aliphatic hydroxyl groups excluding tert-OH is 1. The number of fused-ring (bicyclic) bond motifs is 1. The summed E-state index contributed by atoms with van der Waals surface area (Å²) in [4.78, 5) is 0.334. The van der Waals surface area contributed by atoms with Crippen LogP contribution in [0.25, 0.3) is 10.8 Å². The van der Waals surface area contributed by atoms with Crippen molar-refractivity contribution >= 4 is 20.8 Å². The summed E-state index contributed by atoms with van der Waals surface area (Å²) in [5.74, 6) is 0. The van der Waals surface area contributed by atoms with Crippen LogP contribution in [0, 0.1) is 0 Å². The van der Waals surface area contributed by atoms with Gasteiger partial charge in [0.2, 0.25) is 10.0 Å². The summed E-state index contributed by atoms with van der Waals surface area (Å²) in [6.45, 7) is 0.0106. The maximum atomic E-state index is 13.0. The van der Waals surface area contributed by atoms with E-state index in [1.54, 1.807) is 12.1 Å². The Bertz CT molecular complexity index is 733. The zero-order valence-electron chi connectivity index (χ0n) is 11.8. The van der Waals surface area contributed by atoms with Gasteiger partial charge in [0.25, 0.3) is 0 Å². The van der Waals surface area contributed by atoms with Crippen molar-refractivity contribution in [2.24, 2.45) is 0 Å². The van der Waals surface area contributed by atoms with Gasteiger partial charge >= 0.3 is 0 Å². The molecule has 0 unspecified atom stereocenters. The molecule has 0 aromatic heterocycles. The smallest absolute Gasteiger partial charge is 0.244 e. The van der Waals surface area contributed by atoms with E-state index in [0.29, 0.717) is 4.90 Å². The number of nitrogens with zero attached hydrogens (tertiary/aromatic N) is 1. The normalized spacial score (nSPS) is 16.3. The van der Waals surface area contributed by atoms with Gasteiger partial charge in [-0.1, -0.05) is 42.8 Å². The van der Waals surface area contributed by atoms with Crippen LogP contribution in [0.5, 0.6) is 0 Å². The molecule has 5 heteroatoms. The molecule has 112 valence electrons. The molecule has 2 aromatic carbocycles. The van der Waals surface area contributed by atoms with Gasteiger partial charge in [-0.15, -0.1) is 0 Å². The minimum atomic E-state index is -3.58. The van der Waals surface area contributed by atoms with Crippen LogP contribution in [-0.2, 0) is 10.0 Å². The number of hydrogen-bond acceptors (Lipinski definition) is 3. The summed E-state index contributed by atoms with van der Waals surface area (Å²) in [5.41, 5.74) is 0. The molecule has 1 N–H and O–H groups in total. The van der Waals surface area contributed by atoms with Crippen LogP contribution in [0.3, 0.4) is 0 Å². The maximum absolute atomic E-state index is 13.0. The summed E-state index contributed by atoms with van der Waals surface area (Å²) >= 11 is 0. The van der Waals surface area contributed by atoms with Crippen molar-refractivity contribution in [2.45, 2.75) is 30.2 Å². The standard InChI is InChI=1S/C16H19NO3S/c18-12-11-17(14-7-4-8-14)21(19,20)16-10-3-6-13-5-1-2-9-15(13)16/h1-3,5-6,9-10,14,18H,4,7-8,11-12H2. The Labute approximate surface area is 125 Å². The van der Waals surface area contributed by atoms with Crippen molar-refractivity contribution in [3.8, 4) is 0 Å². The Morgan fingerprint density at radius 1 is 1.10 bits per heavy atom. The lowest BCUT2D eigenvalue weighted by atomic mass is 9.93. The molecule has 1 aliphatic rings. The average Bonchev–Trinajstić information content (AvgIpc) is 2.44. The van der Waals surface area contributed by atoms with E-state index in [9.17, 15) is 13.5 Å². The van der Waals surface area contributed by atoms with Crippen LogP contribution in [-0.4, -0.2) is 37.0 Å². The molecule has 0 heterocycles. The Kier molecular flexibility index (Phi) is 3.97. The van der Waals surface area contributed by atoms with Gasteiger partial charge in [-0.25, -0.2) is 8.42 Å². The molecule has 0 amide bonds. The van der Waals surface area contributed by atoms with Crippen molar-refractivity contribution in [3.05, 3.63) is 42.5 Å². The first-order chi connectivity index (χ1) is 10.1. The number of sulfonamides is 1. The highest BCUT2D eigenvalue weighted by Gasteiger charge is 2.35. The predicted octanol–water partition coefficient (Wildman–Crippen LogP) is 2.38. The molecule has 0 bridgehead atoms. The van der Waals surface area contributed by atoms with Gasteiger partial charge in [0.05, 0.1) is 11.5 Å². The van der Waals surface area contributed by atoms with E-state index in [4.69, 9.17) is 0 Å². The molecule has 0 spiro atoms. The van der Waals surface area contributed by atoms with Gasteiger partial charge in [0, 0.05) is 18.0 Å². The van der Waals surface area contributed by atoms with E-state index in [1.807, 2.05) is 30.3 Å². The highest BCUT2D eigenvalue weighted by molar-refractivity contribution is 7.89. The largest absolute Gasteiger partial charge is 0.395 e. The van der Waals surface area contributed by atoms with Gasteiger partial charge < -0.3 is 5.11 Å². The molecule has 0 aliphatic heterocycles. The van der Waals surface area contributed by atoms with Crippen molar-refractivity contribution in [2.75, 3.05) is 13.2 Å². The van der Waals surface area contributed by atoms with Crippen LogP contribution in [0.4, 0.5) is 0 Å². The summed E-state index contributed by atoms with van der Waals surface area (Å²) in [7, 11) is -3.58. The minimum absolute atomic E-state index is 0.0288. The summed E-state index contributed by atoms with van der Waals surface area (Å²) in [6, 6.07) is 12.9. The lowest BCUT2D eigenvalue weighted by Gasteiger charge is -2.36. The second-order valence-corrected chi connectivity index (χ2v) is 7.26. The fraction of sp³-hybridized carbons (Fsp3) is 0.375. The fourth-order valence-corrected chi connectivity index (χ4v) is 4.71. The fourth-order valence-electron chi connectivity index (χ4n) is 2.82. The predicted molar refractivity (Wildman–Crippen MR) is 82.6 cm³/mol. The molecule has 1 saturated carbocycles. The van der Waals surface area contributed by atoms with Crippen molar-refractivity contribution < 1.29 is 13.5 Å². The molecule has 0 radical (unpaired) electrons. The molecule has 4 nitrogen and oxygen atoms in total. The van der Waals surface area contributed by atoms with Crippen LogP contribution in [0.1, 0.15) is 19.3 Å². The molecule has 1 aliphatic carbocycles. The van der Waals surface area contributed by atoms with Crippen LogP contribution in [0.2, 0.25) is 0 Å². The Morgan fingerprint density at radius 2 is 1.81 bits per heavy atom. The van der Waals surface area contributed by atoms with Crippen molar-refractivity contribution in [1.29, 1.82) is 0 Å². The van der Waals surface area contributed by atoms with Crippen LogP contribution < -0.4 is 0 Å². The van der Waals surface area contributed by atoms with E-state index >= 15 is 0 Å². The molecular formula is C16H19NO3S. The Hall–Kier alpha value is -1.43. The summed E-state index contributed by atoms with van der Waals surface area (Å²) in [5, 5.41) is 10.9. The minimum Gasteiger partial charge on any atom is -0.395 e. The number of hydrogen-bond donors (Lipinski definition) is 1. The molecule has 0 saturated heterocycles. The van der Waals surface area contributed by atoms with Gasteiger partial charge in [-0.2, -0.15) is 4.31 Å². The molecule has 2 aromatic rings. The zero-order valence-corrected chi connectivity index (χ0v) is 12.6. The van der Waals surface area contributed by atoms with Gasteiger partial charge in [-0.05, 0) is 24.3 Å². The zero-order chi connectivity index (χ0) is 14.9. The molecule has 0 atom stereocenters. The molecule has 21 heavy (non-hydrogen) atoms. The van der Waals surface area contributed by atoms with E-state index < -0.39 is 10.0 Å². The highest BCUT2D eigenvalue weighted by atomic mass is 32.2. The average molecular weight is 305 g/mol. The monoisotopic (exact) mass is 305 g/mol. The Morgan fingerprint density at radius 3 is 2.48 bits per heavy atom. The Balaban J connectivity index is 2.10. The van der Waals surface area contributed by atoms with Gasteiger partial charge in [-0.3, -0.25) is 0 Å². The van der Waals surface area contributed by atoms with E-state index in [0.717, 1.165) is 30.0 Å². The lowest BCUT2D eigenvalue weighted by molar-refractivity contribution is 0.178. The highest BCUT2D eigenvalue weighted by Crippen LogP contribution is 2.32. The number of aliphatic hydroxyl groups is 1. The summed E-state index contributed by atoms with van der Waals surface area (Å²) in [6.07, 6.45) is 2.81. The quantitative estimate of drug-likeness (QED) is 0.922. The third-order valence-corrected chi connectivity index (χ3v) is 6.15. The first kappa shape index (κ1) is 14.5. The van der Waals surface area contributed by atoms with E-state index in [1.165, 1.54) is 4.31 Å². The first-order valence-electron chi connectivity index (χ1n) is 7.25. The van der Waals surface area contributed by atoms with Crippen molar-refractivity contribution in [3.63, 3.8) is 0 Å². The van der Waals surface area contributed by atoms with E-state index in [2.05, 4.69) is 0 Å². The van der Waals surface area contributed by atoms with Gasteiger partial charge in [0.1, 0.15) is 0 Å². The SMILES string of the molecule is O=S(=O)(c1cccc2ccccc12)N(CCO)C1CCC1. The second-order valence-electron chi connectivity index (χ2n) is 5.40.